The highest BCUT2D eigenvalue weighted by Gasteiger charge is 2.58. The molecule has 4 nitrogen and oxygen atoms in total. The molecule has 0 radical (unpaired) electrons. The maximum atomic E-state index is 11.2. The van der Waals surface area contributed by atoms with Crippen molar-refractivity contribution >= 4 is 7.82 Å². The van der Waals surface area contributed by atoms with E-state index >= 15 is 0 Å². The molecule has 0 amide bonds. The first-order chi connectivity index (χ1) is 11.2. The van der Waals surface area contributed by atoms with Crippen LogP contribution in [-0.4, -0.2) is 15.9 Å². The molecular formula is C19H33O4P. The molecule has 0 unspecified atom stereocenters. The van der Waals surface area contributed by atoms with Crippen LogP contribution in [0, 0.1) is 34.5 Å². The lowest BCUT2D eigenvalue weighted by Gasteiger charge is -2.60. The van der Waals surface area contributed by atoms with Crippen molar-refractivity contribution in [3.8, 4) is 0 Å². The molecular weight excluding hydrogens is 323 g/mol. The van der Waals surface area contributed by atoms with Gasteiger partial charge < -0.3 is 9.79 Å². The van der Waals surface area contributed by atoms with Gasteiger partial charge in [0.2, 0.25) is 0 Å². The van der Waals surface area contributed by atoms with E-state index in [0.717, 1.165) is 37.0 Å². The van der Waals surface area contributed by atoms with Crippen LogP contribution in [0.15, 0.2) is 0 Å². The molecule has 2 N–H and O–H groups in total. The molecule has 0 bridgehead atoms. The van der Waals surface area contributed by atoms with Gasteiger partial charge in [-0.15, -0.1) is 0 Å². The van der Waals surface area contributed by atoms with Gasteiger partial charge >= 0.3 is 7.82 Å². The van der Waals surface area contributed by atoms with Gasteiger partial charge in [0.05, 0.1) is 6.10 Å². The van der Waals surface area contributed by atoms with Gasteiger partial charge in [-0.25, -0.2) is 4.57 Å². The van der Waals surface area contributed by atoms with Crippen LogP contribution in [0.5, 0.6) is 0 Å². The molecule has 0 aromatic heterocycles. The molecule has 0 aromatic rings. The van der Waals surface area contributed by atoms with Crippen LogP contribution in [0.1, 0.15) is 78.1 Å². The second-order valence-corrected chi connectivity index (χ2v) is 10.9. The summed E-state index contributed by atoms with van der Waals surface area (Å²) >= 11 is 0. The highest BCUT2D eigenvalue weighted by atomic mass is 31.2. The lowest BCUT2D eigenvalue weighted by Crippen LogP contribution is -2.53. The molecule has 0 aromatic carbocycles. The van der Waals surface area contributed by atoms with Crippen molar-refractivity contribution in [1.29, 1.82) is 0 Å². The van der Waals surface area contributed by atoms with E-state index in [1.165, 1.54) is 44.9 Å². The van der Waals surface area contributed by atoms with Crippen LogP contribution >= 0.6 is 7.82 Å². The van der Waals surface area contributed by atoms with Crippen molar-refractivity contribution in [1.82, 2.24) is 0 Å². The average molecular weight is 356 g/mol. The van der Waals surface area contributed by atoms with Gasteiger partial charge in [-0.2, -0.15) is 0 Å². The predicted octanol–water partition coefficient (Wildman–Crippen LogP) is 4.90. The molecule has 24 heavy (non-hydrogen) atoms. The van der Waals surface area contributed by atoms with Crippen LogP contribution in [0.3, 0.4) is 0 Å². The minimum Gasteiger partial charge on any atom is -0.303 e. The smallest absolute Gasteiger partial charge is 0.303 e. The highest BCUT2D eigenvalue weighted by Crippen LogP contribution is 2.66. The van der Waals surface area contributed by atoms with Crippen molar-refractivity contribution in [2.75, 3.05) is 0 Å². The van der Waals surface area contributed by atoms with E-state index < -0.39 is 7.82 Å². The Morgan fingerprint density at radius 1 is 0.958 bits per heavy atom. The summed E-state index contributed by atoms with van der Waals surface area (Å²) in [7, 11) is -4.36. The topological polar surface area (TPSA) is 66.8 Å². The number of rotatable bonds is 2. The molecule has 4 fully saturated rings. The normalized spacial score (nSPS) is 51.6. The lowest BCUT2D eigenvalue weighted by molar-refractivity contribution is -0.119. The zero-order chi connectivity index (χ0) is 17.2. The molecule has 4 rings (SSSR count). The van der Waals surface area contributed by atoms with Gasteiger partial charge in [0.25, 0.3) is 0 Å². The first-order valence-corrected chi connectivity index (χ1v) is 11.5. The van der Waals surface area contributed by atoms with Crippen LogP contribution in [0.25, 0.3) is 0 Å². The summed E-state index contributed by atoms with van der Waals surface area (Å²) in [5.41, 5.74) is 0.965. The van der Waals surface area contributed by atoms with Crippen LogP contribution in [0.2, 0.25) is 0 Å². The van der Waals surface area contributed by atoms with Crippen LogP contribution in [-0.2, 0) is 9.09 Å². The molecule has 138 valence electrons. The molecule has 0 spiro atoms. The maximum Gasteiger partial charge on any atom is 0.469 e. The highest BCUT2D eigenvalue weighted by molar-refractivity contribution is 7.46. The standard InChI is InChI=1S/C19H33O4P/c1-18-9-3-4-16(18)15-6-5-13-12-14(23-24(20,21)22)7-11-19(13,2)17(15)8-10-18/h13-17H,3-12H2,1-2H3,(H2,20,21,22)/t13-,14-,15-,16-,17-,18-,19-/m0/s1. The Kier molecular flexibility index (Phi) is 4.24. The lowest BCUT2D eigenvalue weighted by atomic mass is 9.45. The molecule has 4 saturated carbocycles. The predicted molar refractivity (Wildman–Crippen MR) is 93.3 cm³/mol. The Hall–Kier alpha value is 0.110. The number of phosphoric acid groups is 1. The summed E-state index contributed by atoms with van der Waals surface area (Å²) in [6.45, 7) is 5.03. The van der Waals surface area contributed by atoms with Gasteiger partial charge in [-0.05, 0) is 92.3 Å². The number of phosphoric ester groups is 1. The fourth-order valence-electron chi connectivity index (χ4n) is 7.50. The maximum absolute atomic E-state index is 11.2. The first kappa shape index (κ1) is 17.5. The zero-order valence-corrected chi connectivity index (χ0v) is 16.0. The molecule has 4 aliphatic rings. The number of fused-ring (bicyclic) bond motifs is 5. The largest absolute Gasteiger partial charge is 0.469 e. The van der Waals surface area contributed by atoms with Gasteiger partial charge in [-0.1, -0.05) is 20.3 Å². The van der Waals surface area contributed by atoms with Crippen molar-refractivity contribution in [3.63, 3.8) is 0 Å². The van der Waals surface area contributed by atoms with Crippen molar-refractivity contribution in [2.24, 2.45) is 34.5 Å². The van der Waals surface area contributed by atoms with E-state index in [2.05, 4.69) is 13.8 Å². The summed E-state index contributed by atoms with van der Waals surface area (Å²) in [4.78, 5) is 18.3. The SMILES string of the molecule is C[C@@]12CCC[C@H]1[C@@H]1CC[C@H]3C[C@@H](OP(=O)(O)O)CC[C@]3(C)[C@H]1CC2. The van der Waals surface area contributed by atoms with E-state index in [-0.39, 0.29) is 6.10 Å². The molecule has 0 saturated heterocycles. The fraction of sp³-hybridized carbons (Fsp3) is 1.00. The second kappa shape index (κ2) is 5.81. The van der Waals surface area contributed by atoms with Gasteiger partial charge in [0.1, 0.15) is 0 Å². The summed E-state index contributed by atoms with van der Waals surface area (Å²) in [5, 5.41) is 0. The van der Waals surface area contributed by atoms with E-state index in [0.29, 0.717) is 16.7 Å². The second-order valence-electron chi connectivity index (χ2n) is 9.73. The Balaban J connectivity index is 1.51. The summed E-state index contributed by atoms with van der Waals surface area (Å²) in [5.74, 6) is 3.23. The molecule has 7 atom stereocenters. The Bertz CT molecular complexity index is 545. The van der Waals surface area contributed by atoms with Gasteiger partial charge in [0.15, 0.2) is 0 Å². The Morgan fingerprint density at radius 2 is 1.75 bits per heavy atom. The Labute approximate surface area is 146 Å². The van der Waals surface area contributed by atoms with Crippen molar-refractivity contribution in [2.45, 2.75) is 84.2 Å². The first-order valence-electron chi connectivity index (χ1n) is 9.95. The summed E-state index contributed by atoms with van der Waals surface area (Å²) in [6.07, 6.45) is 12.1. The van der Waals surface area contributed by atoms with E-state index in [1.807, 2.05) is 0 Å². The number of hydrogen-bond donors (Lipinski definition) is 2. The van der Waals surface area contributed by atoms with Crippen LogP contribution in [0.4, 0.5) is 0 Å². The molecule has 0 aliphatic heterocycles. The van der Waals surface area contributed by atoms with E-state index in [4.69, 9.17) is 14.3 Å². The number of hydrogen-bond acceptors (Lipinski definition) is 2. The summed E-state index contributed by atoms with van der Waals surface area (Å²) in [6, 6.07) is 0. The summed E-state index contributed by atoms with van der Waals surface area (Å²) < 4.78 is 16.3. The monoisotopic (exact) mass is 356 g/mol. The van der Waals surface area contributed by atoms with E-state index in [1.54, 1.807) is 0 Å². The minimum absolute atomic E-state index is 0.249. The molecule has 0 heterocycles. The molecule has 4 aliphatic carbocycles. The van der Waals surface area contributed by atoms with Gasteiger partial charge in [-0.3, -0.25) is 4.52 Å². The Morgan fingerprint density at radius 3 is 2.50 bits per heavy atom. The zero-order valence-electron chi connectivity index (χ0n) is 15.1. The van der Waals surface area contributed by atoms with Crippen molar-refractivity contribution in [3.05, 3.63) is 0 Å². The fourth-order valence-corrected chi connectivity index (χ4v) is 8.08. The third kappa shape index (κ3) is 2.82. The quantitative estimate of drug-likeness (QED) is 0.691. The van der Waals surface area contributed by atoms with Crippen molar-refractivity contribution < 1.29 is 18.9 Å². The average Bonchev–Trinajstić information content (AvgIpc) is 2.88. The minimum atomic E-state index is -4.36. The third-order valence-electron chi connectivity index (χ3n) is 8.69. The van der Waals surface area contributed by atoms with Gasteiger partial charge in [0, 0.05) is 0 Å². The van der Waals surface area contributed by atoms with Crippen LogP contribution < -0.4 is 0 Å². The third-order valence-corrected chi connectivity index (χ3v) is 9.26. The van der Waals surface area contributed by atoms with E-state index in [9.17, 15) is 4.57 Å². The molecule has 5 heteroatoms.